The van der Waals surface area contributed by atoms with E-state index in [2.05, 4.69) is 39.6 Å². The predicted molar refractivity (Wildman–Crippen MR) is 73.8 cm³/mol. The van der Waals surface area contributed by atoms with E-state index in [9.17, 15) is 0 Å². The third-order valence-electron chi connectivity index (χ3n) is 3.61. The number of hydrogen-bond donors (Lipinski definition) is 0. The molecule has 0 amide bonds. The maximum atomic E-state index is 4.53. The van der Waals surface area contributed by atoms with E-state index in [1.807, 2.05) is 11.7 Å². The monoisotopic (exact) mass is 262 g/mol. The molecule has 2 aromatic heterocycles. The average molecular weight is 262 g/mol. The van der Waals surface area contributed by atoms with Crippen LogP contribution in [0.1, 0.15) is 24.6 Å². The Kier molecular flexibility index (Phi) is 3.18. The zero-order valence-electron chi connectivity index (χ0n) is 10.8. The fourth-order valence-electron chi connectivity index (χ4n) is 2.67. The van der Waals surface area contributed by atoms with E-state index in [4.69, 9.17) is 0 Å². The third-order valence-corrected chi connectivity index (χ3v) is 4.53. The van der Waals surface area contributed by atoms with Crippen LogP contribution in [0, 0.1) is 6.92 Å². The number of rotatable bonds is 2. The number of likely N-dealkylation sites (N-methyl/N-ethyl adjacent to an activating group) is 1. The highest BCUT2D eigenvalue weighted by molar-refractivity contribution is 7.13. The number of thiazole rings is 1. The van der Waals surface area contributed by atoms with Gasteiger partial charge in [-0.05, 0) is 33.4 Å². The summed E-state index contributed by atoms with van der Waals surface area (Å²) in [6.07, 6.45) is 6.52. The molecule has 18 heavy (non-hydrogen) atoms. The van der Waals surface area contributed by atoms with E-state index in [-0.39, 0.29) is 0 Å². The van der Waals surface area contributed by atoms with Crippen LogP contribution in [-0.4, -0.2) is 39.6 Å². The van der Waals surface area contributed by atoms with E-state index in [1.165, 1.54) is 24.3 Å². The summed E-state index contributed by atoms with van der Waals surface area (Å²) in [5.41, 5.74) is 2.98. The van der Waals surface area contributed by atoms with Crippen LogP contribution in [0.2, 0.25) is 0 Å². The summed E-state index contributed by atoms with van der Waals surface area (Å²) in [5.74, 6) is 1.08. The highest BCUT2D eigenvalue weighted by Crippen LogP contribution is 2.30. The summed E-state index contributed by atoms with van der Waals surface area (Å²) in [6.45, 7) is 4.37. The Balaban J connectivity index is 1.94. The lowest BCUT2D eigenvalue weighted by Crippen LogP contribution is -2.33. The van der Waals surface area contributed by atoms with Crippen LogP contribution < -0.4 is 0 Å². The molecule has 1 unspecified atom stereocenters. The third kappa shape index (κ3) is 2.08. The molecule has 0 aliphatic carbocycles. The van der Waals surface area contributed by atoms with Crippen molar-refractivity contribution in [3.8, 4) is 10.7 Å². The SMILES string of the molecule is Cc1ncsc1-c1nccn1C1CCCN(C)C1. The van der Waals surface area contributed by atoms with Gasteiger partial charge >= 0.3 is 0 Å². The van der Waals surface area contributed by atoms with Crippen LogP contribution in [0.3, 0.4) is 0 Å². The first-order valence-electron chi connectivity index (χ1n) is 6.37. The van der Waals surface area contributed by atoms with Gasteiger partial charge < -0.3 is 9.47 Å². The van der Waals surface area contributed by atoms with Crippen LogP contribution in [0.25, 0.3) is 10.7 Å². The van der Waals surface area contributed by atoms with Gasteiger partial charge in [-0.25, -0.2) is 9.97 Å². The molecule has 1 aliphatic heterocycles. The average Bonchev–Trinajstić information content (AvgIpc) is 2.96. The molecule has 1 aliphatic rings. The van der Waals surface area contributed by atoms with Crippen molar-refractivity contribution in [1.29, 1.82) is 0 Å². The van der Waals surface area contributed by atoms with Crippen molar-refractivity contribution in [2.45, 2.75) is 25.8 Å². The van der Waals surface area contributed by atoms with Gasteiger partial charge in [0.2, 0.25) is 0 Å². The number of aromatic nitrogens is 3. The van der Waals surface area contributed by atoms with Crippen LogP contribution in [0.4, 0.5) is 0 Å². The first-order chi connectivity index (χ1) is 8.75. The number of nitrogens with zero attached hydrogens (tertiary/aromatic N) is 4. The molecule has 1 saturated heterocycles. The van der Waals surface area contributed by atoms with Crippen LogP contribution in [0.15, 0.2) is 17.9 Å². The standard InChI is InChI=1S/C13H18N4S/c1-10-12(18-9-15-10)13-14-5-7-17(13)11-4-3-6-16(2)8-11/h5,7,9,11H,3-4,6,8H2,1-2H3. The molecule has 0 aromatic carbocycles. The molecule has 0 radical (unpaired) electrons. The summed E-state index contributed by atoms with van der Waals surface area (Å²) in [4.78, 5) is 12.5. The maximum absolute atomic E-state index is 4.53. The van der Waals surface area contributed by atoms with Gasteiger partial charge in [-0.2, -0.15) is 0 Å². The smallest absolute Gasteiger partial charge is 0.152 e. The minimum absolute atomic E-state index is 0.544. The summed E-state index contributed by atoms with van der Waals surface area (Å²) >= 11 is 1.68. The second kappa shape index (κ2) is 4.82. The van der Waals surface area contributed by atoms with E-state index in [0.717, 1.165) is 18.1 Å². The molecule has 3 heterocycles. The Bertz CT molecular complexity index is 531. The van der Waals surface area contributed by atoms with Gasteiger partial charge in [0.25, 0.3) is 0 Å². The molecule has 3 rings (SSSR count). The number of imidazole rings is 1. The Hall–Kier alpha value is -1.20. The lowest BCUT2D eigenvalue weighted by molar-refractivity contribution is 0.213. The molecule has 2 aromatic rings. The Morgan fingerprint density at radius 3 is 3.00 bits per heavy atom. The van der Waals surface area contributed by atoms with Crippen LogP contribution >= 0.6 is 11.3 Å². The van der Waals surface area contributed by atoms with Gasteiger partial charge in [0, 0.05) is 25.0 Å². The zero-order valence-corrected chi connectivity index (χ0v) is 11.7. The fraction of sp³-hybridized carbons (Fsp3) is 0.538. The van der Waals surface area contributed by atoms with Crippen molar-refractivity contribution < 1.29 is 0 Å². The first kappa shape index (κ1) is 11.9. The van der Waals surface area contributed by atoms with Gasteiger partial charge in [-0.15, -0.1) is 11.3 Å². The lowest BCUT2D eigenvalue weighted by atomic mass is 10.1. The molecule has 4 nitrogen and oxygen atoms in total. The van der Waals surface area contributed by atoms with Crippen molar-refractivity contribution >= 4 is 11.3 Å². The molecule has 0 saturated carbocycles. The minimum atomic E-state index is 0.544. The highest BCUT2D eigenvalue weighted by atomic mass is 32.1. The highest BCUT2D eigenvalue weighted by Gasteiger charge is 2.22. The van der Waals surface area contributed by atoms with E-state index in [0.29, 0.717) is 6.04 Å². The Labute approximate surface area is 111 Å². The fourth-order valence-corrected chi connectivity index (χ4v) is 3.47. The second-order valence-corrected chi connectivity index (χ2v) is 5.84. The summed E-state index contributed by atoms with van der Waals surface area (Å²) < 4.78 is 2.33. The topological polar surface area (TPSA) is 34.0 Å². The van der Waals surface area contributed by atoms with Crippen molar-refractivity contribution in [1.82, 2.24) is 19.4 Å². The van der Waals surface area contributed by atoms with Gasteiger partial charge in [0.05, 0.1) is 16.1 Å². The molecule has 0 N–H and O–H groups in total. The Morgan fingerprint density at radius 1 is 1.39 bits per heavy atom. The molecule has 0 bridgehead atoms. The van der Waals surface area contributed by atoms with Gasteiger partial charge in [0.15, 0.2) is 5.82 Å². The van der Waals surface area contributed by atoms with E-state index in [1.54, 1.807) is 11.3 Å². The second-order valence-electron chi connectivity index (χ2n) is 4.98. The first-order valence-corrected chi connectivity index (χ1v) is 7.25. The number of piperidine rings is 1. The predicted octanol–water partition coefficient (Wildman–Crippen LogP) is 2.58. The molecule has 0 spiro atoms. The molecule has 5 heteroatoms. The molecule has 96 valence electrons. The lowest BCUT2D eigenvalue weighted by Gasteiger charge is -2.31. The molecular weight excluding hydrogens is 244 g/mol. The number of aryl methyl sites for hydroxylation is 1. The number of likely N-dealkylation sites (tertiary alicyclic amines) is 1. The van der Waals surface area contributed by atoms with E-state index < -0.39 is 0 Å². The minimum Gasteiger partial charge on any atom is -0.326 e. The van der Waals surface area contributed by atoms with Crippen molar-refractivity contribution in [3.63, 3.8) is 0 Å². The molecule has 1 fully saturated rings. The maximum Gasteiger partial charge on any atom is 0.152 e. The largest absolute Gasteiger partial charge is 0.326 e. The van der Waals surface area contributed by atoms with Crippen LogP contribution in [0.5, 0.6) is 0 Å². The summed E-state index contributed by atoms with van der Waals surface area (Å²) in [5, 5.41) is 0. The van der Waals surface area contributed by atoms with Crippen LogP contribution in [-0.2, 0) is 0 Å². The Morgan fingerprint density at radius 2 is 2.28 bits per heavy atom. The zero-order chi connectivity index (χ0) is 12.5. The normalized spacial score (nSPS) is 21.3. The van der Waals surface area contributed by atoms with Gasteiger partial charge in [-0.3, -0.25) is 0 Å². The summed E-state index contributed by atoms with van der Waals surface area (Å²) in [7, 11) is 2.20. The summed E-state index contributed by atoms with van der Waals surface area (Å²) in [6, 6.07) is 0.544. The van der Waals surface area contributed by atoms with Gasteiger partial charge in [-0.1, -0.05) is 0 Å². The van der Waals surface area contributed by atoms with Crippen molar-refractivity contribution in [3.05, 3.63) is 23.6 Å². The van der Waals surface area contributed by atoms with Gasteiger partial charge in [0.1, 0.15) is 0 Å². The molecular formula is C13H18N4S. The number of hydrogen-bond acceptors (Lipinski definition) is 4. The van der Waals surface area contributed by atoms with E-state index >= 15 is 0 Å². The van der Waals surface area contributed by atoms with Crippen molar-refractivity contribution in [2.24, 2.45) is 0 Å². The quantitative estimate of drug-likeness (QED) is 0.834. The van der Waals surface area contributed by atoms with Crippen molar-refractivity contribution in [2.75, 3.05) is 20.1 Å². The molecule has 1 atom stereocenters.